The summed E-state index contributed by atoms with van der Waals surface area (Å²) >= 11 is 1.52. The maximum absolute atomic E-state index is 4.78. The summed E-state index contributed by atoms with van der Waals surface area (Å²) in [6.45, 7) is 0.727. The van der Waals surface area contributed by atoms with Crippen LogP contribution in [0.1, 0.15) is 5.56 Å². The summed E-state index contributed by atoms with van der Waals surface area (Å²) < 4.78 is 5.33. The molecule has 0 radical (unpaired) electrons. The van der Waals surface area contributed by atoms with Crippen molar-refractivity contribution in [2.45, 2.75) is 6.54 Å². The molecule has 0 amide bonds. The highest BCUT2D eigenvalue weighted by Gasteiger charge is 1.97. The SMILES string of the molecule is CONCc1ccc2cnsc2c1. The second kappa shape index (κ2) is 3.83. The highest BCUT2D eigenvalue weighted by molar-refractivity contribution is 7.13. The van der Waals surface area contributed by atoms with E-state index in [9.17, 15) is 0 Å². The van der Waals surface area contributed by atoms with Crippen molar-refractivity contribution in [2.75, 3.05) is 7.11 Å². The van der Waals surface area contributed by atoms with Crippen LogP contribution >= 0.6 is 11.5 Å². The fourth-order valence-corrected chi connectivity index (χ4v) is 1.88. The molecule has 3 nitrogen and oxygen atoms in total. The molecule has 0 aliphatic carbocycles. The lowest BCUT2D eigenvalue weighted by molar-refractivity contribution is 0.0867. The van der Waals surface area contributed by atoms with E-state index >= 15 is 0 Å². The van der Waals surface area contributed by atoms with Gasteiger partial charge in [0, 0.05) is 18.1 Å². The smallest absolute Gasteiger partial charge is 0.0572 e. The number of nitrogens with one attached hydrogen (secondary N) is 1. The first-order chi connectivity index (χ1) is 6.40. The lowest BCUT2D eigenvalue weighted by Crippen LogP contribution is -2.10. The quantitative estimate of drug-likeness (QED) is 0.758. The maximum atomic E-state index is 4.78. The minimum atomic E-state index is 0.727. The summed E-state index contributed by atoms with van der Waals surface area (Å²) in [5, 5.41) is 1.20. The van der Waals surface area contributed by atoms with E-state index < -0.39 is 0 Å². The zero-order chi connectivity index (χ0) is 9.10. The van der Waals surface area contributed by atoms with Crippen LogP contribution in [-0.2, 0) is 11.4 Å². The Balaban J connectivity index is 2.26. The Kier molecular flexibility index (Phi) is 2.54. The Morgan fingerprint density at radius 2 is 2.46 bits per heavy atom. The molecule has 0 aliphatic heterocycles. The van der Waals surface area contributed by atoms with E-state index in [0.717, 1.165) is 6.54 Å². The second-order valence-electron chi connectivity index (χ2n) is 2.72. The maximum Gasteiger partial charge on any atom is 0.0572 e. The molecule has 1 N–H and O–H groups in total. The molecular weight excluding hydrogens is 184 g/mol. The van der Waals surface area contributed by atoms with Gasteiger partial charge in [-0.05, 0) is 23.2 Å². The summed E-state index contributed by atoms with van der Waals surface area (Å²) in [5.74, 6) is 0. The first kappa shape index (κ1) is 8.62. The fraction of sp³-hybridized carbons (Fsp3) is 0.222. The predicted octanol–water partition coefficient (Wildman–Crippen LogP) is 1.95. The number of fused-ring (bicyclic) bond motifs is 1. The molecule has 0 saturated carbocycles. The van der Waals surface area contributed by atoms with E-state index in [1.165, 1.54) is 27.2 Å². The highest BCUT2D eigenvalue weighted by atomic mass is 32.1. The second-order valence-corrected chi connectivity index (χ2v) is 3.56. The molecule has 0 saturated heterocycles. The summed E-state index contributed by atoms with van der Waals surface area (Å²) in [6.07, 6.45) is 1.88. The lowest BCUT2D eigenvalue weighted by Gasteiger charge is -2.00. The summed E-state index contributed by atoms with van der Waals surface area (Å²) in [7, 11) is 1.62. The zero-order valence-corrected chi connectivity index (χ0v) is 8.10. The number of aromatic nitrogens is 1. The molecule has 13 heavy (non-hydrogen) atoms. The van der Waals surface area contributed by atoms with Gasteiger partial charge in [-0.1, -0.05) is 12.1 Å². The van der Waals surface area contributed by atoms with Gasteiger partial charge in [0.05, 0.1) is 11.8 Å². The van der Waals surface area contributed by atoms with Gasteiger partial charge in [-0.3, -0.25) is 0 Å². The third-order valence-corrected chi connectivity index (χ3v) is 2.60. The van der Waals surface area contributed by atoms with Gasteiger partial charge in [-0.2, -0.15) is 9.85 Å². The number of benzene rings is 1. The Bertz CT molecular complexity index is 399. The van der Waals surface area contributed by atoms with Crippen LogP contribution in [0.25, 0.3) is 10.1 Å². The van der Waals surface area contributed by atoms with Crippen LogP contribution in [0.15, 0.2) is 24.4 Å². The molecule has 0 unspecified atom stereocenters. The minimum Gasteiger partial charge on any atom is -0.305 e. The first-order valence-corrected chi connectivity index (χ1v) is 4.76. The van der Waals surface area contributed by atoms with Crippen LogP contribution in [-0.4, -0.2) is 11.5 Å². The van der Waals surface area contributed by atoms with E-state index in [1.807, 2.05) is 6.20 Å². The van der Waals surface area contributed by atoms with Gasteiger partial charge in [-0.25, -0.2) is 0 Å². The molecule has 1 aromatic heterocycles. The third-order valence-electron chi connectivity index (χ3n) is 1.84. The molecule has 0 fully saturated rings. The Labute approximate surface area is 80.5 Å². The first-order valence-electron chi connectivity index (χ1n) is 3.99. The Morgan fingerprint density at radius 3 is 3.31 bits per heavy atom. The van der Waals surface area contributed by atoms with Crippen molar-refractivity contribution >= 4 is 21.6 Å². The monoisotopic (exact) mass is 194 g/mol. The number of nitrogens with zero attached hydrogens (tertiary/aromatic N) is 1. The van der Waals surface area contributed by atoms with Crippen molar-refractivity contribution in [3.63, 3.8) is 0 Å². The molecule has 0 aliphatic rings. The van der Waals surface area contributed by atoms with Crippen molar-refractivity contribution in [3.05, 3.63) is 30.0 Å². The van der Waals surface area contributed by atoms with Crippen molar-refractivity contribution in [2.24, 2.45) is 0 Å². The van der Waals surface area contributed by atoms with Gasteiger partial charge in [0.2, 0.25) is 0 Å². The van der Waals surface area contributed by atoms with E-state index in [-0.39, 0.29) is 0 Å². The molecule has 4 heteroatoms. The lowest BCUT2D eigenvalue weighted by atomic mass is 10.2. The molecule has 2 rings (SSSR count). The van der Waals surface area contributed by atoms with Crippen LogP contribution in [0.3, 0.4) is 0 Å². The molecule has 0 spiro atoms. The number of hydrogen-bond donors (Lipinski definition) is 1. The average Bonchev–Trinajstić information content (AvgIpc) is 2.61. The largest absolute Gasteiger partial charge is 0.305 e. The highest BCUT2D eigenvalue weighted by Crippen LogP contribution is 2.19. The van der Waals surface area contributed by atoms with Gasteiger partial charge in [0.1, 0.15) is 0 Å². The van der Waals surface area contributed by atoms with Crippen molar-refractivity contribution < 1.29 is 4.84 Å². The van der Waals surface area contributed by atoms with Gasteiger partial charge < -0.3 is 4.84 Å². The molecular formula is C9H10N2OS. The van der Waals surface area contributed by atoms with Crippen LogP contribution < -0.4 is 5.48 Å². The fourth-order valence-electron chi connectivity index (χ4n) is 1.17. The van der Waals surface area contributed by atoms with Gasteiger partial charge in [0.15, 0.2) is 0 Å². The molecule has 1 aromatic carbocycles. The minimum absolute atomic E-state index is 0.727. The van der Waals surface area contributed by atoms with E-state index in [1.54, 1.807) is 7.11 Å². The number of rotatable bonds is 3. The topological polar surface area (TPSA) is 34.1 Å². The summed E-state index contributed by atoms with van der Waals surface area (Å²) in [4.78, 5) is 4.78. The van der Waals surface area contributed by atoms with Crippen LogP contribution in [0.5, 0.6) is 0 Å². The molecule has 0 atom stereocenters. The van der Waals surface area contributed by atoms with Crippen molar-refractivity contribution in [3.8, 4) is 0 Å². The summed E-state index contributed by atoms with van der Waals surface area (Å²) in [5.41, 5.74) is 4.01. The normalized spacial score (nSPS) is 10.8. The van der Waals surface area contributed by atoms with E-state index in [4.69, 9.17) is 4.84 Å². The van der Waals surface area contributed by atoms with E-state index in [0.29, 0.717) is 0 Å². The van der Waals surface area contributed by atoms with Gasteiger partial charge in [-0.15, -0.1) is 0 Å². The molecule has 1 heterocycles. The average molecular weight is 194 g/mol. The molecule has 0 bridgehead atoms. The standard InChI is InChI=1S/C9H10N2OS/c1-12-10-5-7-2-3-8-6-11-13-9(8)4-7/h2-4,6,10H,5H2,1H3. The third kappa shape index (κ3) is 1.85. The van der Waals surface area contributed by atoms with Gasteiger partial charge in [0.25, 0.3) is 0 Å². The Morgan fingerprint density at radius 1 is 1.54 bits per heavy atom. The predicted molar refractivity (Wildman–Crippen MR) is 53.5 cm³/mol. The van der Waals surface area contributed by atoms with Gasteiger partial charge >= 0.3 is 0 Å². The van der Waals surface area contributed by atoms with Crippen molar-refractivity contribution in [1.82, 2.24) is 9.85 Å². The molecule has 2 aromatic rings. The van der Waals surface area contributed by atoms with Crippen LogP contribution in [0, 0.1) is 0 Å². The van der Waals surface area contributed by atoms with Crippen LogP contribution in [0.2, 0.25) is 0 Å². The van der Waals surface area contributed by atoms with Crippen LogP contribution in [0.4, 0.5) is 0 Å². The van der Waals surface area contributed by atoms with E-state index in [2.05, 4.69) is 28.1 Å². The number of hydrogen-bond acceptors (Lipinski definition) is 4. The summed E-state index contributed by atoms with van der Waals surface area (Å²) in [6, 6.07) is 6.27. The zero-order valence-electron chi connectivity index (χ0n) is 7.28. The Hall–Kier alpha value is -0.970. The van der Waals surface area contributed by atoms with Crippen molar-refractivity contribution in [1.29, 1.82) is 0 Å². The molecule has 68 valence electrons. The number of hydroxylamine groups is 1.